The van der Waals surface area contributed by atoms with Crippen LogP contribution in [-0.4, -0.2) is 44.3 Å². The Morgan fingerprint density at radius 1 is 1.24 bits per heavy atom. The summed E-state index contributed by atoms with van der Waals surface area (Å²) in [5.41, 5.74) is 0.920. The minimum absolute atomic E-state index is 0.0639. The number of nitrogens with one attached hydrogen (secondary N) is 1. The Morgan fingerprint density at radius 3 is 2.55 bits per heavy atom. The van der Waals surface area contributed by atoms with E-state index >= 15 is 0 Å². The minimum atomic E-state index is -3.80. The van der Waals surface area contributed by atoms with E-state index in [1.54, 1.807) is 11.8 Å². The van der Waals surface area contributed by atoms with Crippen LogP contribution in [0.25, 0.3) is 0 Å². The smallest absolute Gasteiger partial charge is 0.271 e. The van der Waals surface area contributed by atoms with Crippen LogP contribution >= 0.6 is 23.4 Å². The van der Waals surface area contributed by atoms with Crippen molar-refractivity contribution in [2.24, 2.45) is 0 Å². The molecule has 11 heteroatoms. The van der Waals surface area contributed by atoms with Crippen molar-refractivity contribution >= 4 is 50.7 Å². The normalized spacial score (nSPS) is 11.1. The fourth-order valence-electron chi connectivity index (χ4n) is 2.38. The zero-order valence-corrected chi connectivity index (χ0v) is 18.0. The van der Waals surface area contributed by atoms with Crippen LogP contribution < -0.4 is 9.62 Å². The molecule has 8 nitrogen and oxygen atoms in total. The Bertz CT molecular complexity index is 968. The molecule has 0 bridgehead atoms. The number of carbonyl (C=O) groups is 1. The lowest BCUT2D eigenvalue weighted by molar-refractivity contribution is -0.384. The first-order valence-electron chi connectivity index (χ1n) is 8.48. The number of amides is 1. The summed E-state index contributed by atoms with van der Waals surface area (Å²) in [6.45, 7) is -0.0918. The molecule has 156 valence electrons. The molecular weight excluding hydrogens is 438 g/mol. The molecule has 0 aromatic heterocycles. The number of rotatable bonds is 10. The Hall–Kier alpha value is -2.30. The molecule has 0 aliphatic rings. The number of anilines is 1. The zero-order valence-electron chi connectivity index (χ0n) is 15.6. The Labute approximate surface area is 178 Å². The summed E-state index contributed by atoms with van der Waals surface area (Å²) in [5, 5.41) is 14.3. The van der Waals surface area contributed by atoms with E-state index in [9.17, 15) is 23.3 Å². The minimum Gasteiger partial charge on any atom is -0.354 e. The van der Waals surface area contributed by atoms with Gasteiger partial charge in [-0.1, -0.05) is 29.8 Å². The van der Waals surface area contributed by atoms with Crippen molar-refractivity contribution in [1.82, 2.24) is 5.32 Å². The fraction of sp³-hybridized carbons (Fsp3) is 0.278. The first kappa shape index (κ1) is 23.0. The third-order valence-corrected chi connectivity index (χ3v) is 6.19. The van der Waals surface area contributed by atoms with Crippen molar-refractivity contribution < 1.29 is 18.1 Å². The summed E-state index contributed by atoms with van der Waals surface area (Å²) in [4.78, 5) is 22.5. The SMILES string of the molecule is CS(=O)(=O)N(CC(=O)NCCSCc1ccc(Cl)cc1)c1cccc([N+](=O)[O-])c1. The number of non-ortho nitro benzene ring substituents is 1. The fourth-order valence-corrected chi connectivity index (χ4v) is 4.17. The van der Waals surface area contributed by atoms with Gasteiger partial charge in [-0.25, -0.2) is 8.42 Å². The van der Waals surface area contributed by atoms with E-state index in [0.29, 0.717) is 17.3 Å². The van der Waals surface area contributed by atoms with Gasteiger partial charge in [-0.3, -0.25) is 19.2 Å². The average Bonchev–Trinajstić information content (AvgIpc) is 2.66. The Kier molecular flexibility index (Phi) is 8.30. The van der Waals surface area contributed by atoms with Crippen molar-refractivity contribution in [3.05, 3.63) is 69.2 Å². The molecule has 0 saturated carbocycles. The van der Waals surface area contributed by atoms with Gasteiger partial charge in [-0.2, -0.15) is 11.8 Å². The van der Waals surface area contributed by atoms with E-state index in [2.05, 4.69) is 5.32 Å². The Balaban J connectivity index is 1.88. The highest BCUT2D eigenvalue weighted by molar-refractivity contribution is 7.98. The summed E-state index contributed by atoms with van der Waals surface area (Å²) in [6, 6.07) is 12.6. The number of nitro groups is 1. The summed E-state index contributed by atoms with van der Waals surface area (Å²) in [6.07, 6.45) is 0.946. The van der Waals surface area contributed by atoms with Crippen molar-refractivity contribution in [2.75, 3.05) is 29.4 Å². The first-order chi connectivity index (χ1) is 13.7. The van der Waals surface area contributed by atoms with E-state index in [0.717, 1.165) is 27.9 Å². The lowest BCUT2D eigenvalue weighted by atomic mass is 10.2. The predicted octanol–water partition coefficient (Wildman–Crippen LogP) is 3.06. The summed E-state index contributed by atoms with van der Waals surface area (Å²) < 4.78 is 25.0. The highest BCUT2D eigenvalue weighted by Crippen LogP contribution is 2.23. The molecule has 0 atom stereocenters. The van der Waals surface area contributed by atoms with Gasteiger partial charge < -0.3 is 5.32 Å². The number of nitrogens with zero attached hydrogens (tertiary/aromatic N) is 2. The maximum atomic E-state index is 12.2. The molecule has 0 spiro atoms. The number of halogens is 1. The van der Waals surface area contributed by atoms with Crippen molar-refractivity contribution in [3.63, 3.8) is 0 Å². The molecule has 1 amide bonds. The van der Waals surface area contributed by atoms with Crippen LogP contribution in [0, 0.1) is 10.1 Å². The second kappa shape index (κ2) is 10.5. The number of hydrogen-bond donors (Lipinski definition) is 1. The third kappa shape index (κ3) is 7.56. The number of carbonyl (C=O) groups excluding carboxylic acids is 1. The van der Waals surface area contributed by atoms with Crippen molar-refractivity contribution in [1.29, 1.82) is 0 Å². The highest BCUT2D eigenvalue weighted by Gasteiger charge is 2.22. The predicted molar refractivity (Wildman–Crippen MR) is 116 cm³/mol. The molecule has 0 aliphatic carbocycles. The standard InChI is InChI=1S/C18H20ClN3O5S2/c1-29(26,27)21(16-3-2-4-17(11-16)22(24)25)12-18(23)20-9-10-28-13-14-5-7-15(19)8-6-14/h2-8,11H,9-10,12-13H2,1H3,(H,20,23). The van der Waals surface area contributed by atoms with E-state index in [1.807, 2.05) is 24.3 Å². The molecule has 0 unspecified atom stereocenters. The van der Waals surface area contributed by atoms with Gasteiger partial charge in [0.2, 0.25) is 15.9 Å². The van der Waals surface area contributed by atoms with Crippen LogP contribution in [0.4, 0.5) is 11.4 Å². The summed E-state index contributed by atoms with van der Waals surface area (Å²) >= 11 is 7.45. The maximum Gasteiger partial charge on any atom is 0.271 e. The molecule has 0 fully saturated rings. The van der Waals surface area contributed by atoms with Crippen molar-refractivity contribution in [2.45, 2.75) is 5.75 Å². The Morgan fingerprint density at radius 2 is 1.93 bits per heavy atom. The average molecular weight is 458 g/mol. The molecule has 2 aromatic carbocycles. The van der Waals surface area contributed by atoms with Crippen molar-refractivity contribution in [3.8, 4) is 0 Å². The van der Waals surface area contributed by atoms with Crippen LogP contribution in [0.15, 0.2) is 48.5 Å². The van der Waals surface area contributed by atoms with Gasteiger partial charge in [0.1, 0.15) is 6.54 Å². The highest BCUT2D eigenvalue weighted by atomic mass is 35.5. The number of sulfonamides is 1. The van der Waals surface area contributed by atoms with Gasteiger partial charge in [0.05, 0.1) is 16.9 Å². The van der Waals surface area contributed by atoms with Crippen LogP contribution in [0.3, 0.4) is 0 Å². The zero-order chi connectivity index (χ0) is 21.4. The maximum absolute atomic E-state index is 12.2. The second-order valence-electron chi connectivity index (χ2n) is 6.08. The van der Waals surface area contributed by atoms with Gasteiger partial charge in [0.15, 0.2) is 0 Å². The molecule has 0 radical (unpaired) electrons. The molecular formula is C18H20ClN3O5S2. The molecule has 1 N–H and O–H groups in total. The quantitative estimate of drug-likeness (QED) is 0.333. The summed E-state index contributed by atoms with van der Waals surface area (Å²) in [5.74, 6) is 0.911. The van der Waals surface area contributed by atoms with Gasteiger partial charge in [-0.05, 0) is 23.8 Å². The number of nitro benzene ring substituents is 1. The lowest BCUT2D eigenvalue weighted by Gasteiger charge is -2.21. The topological polar surface area (TPSA) is 110 Å². The van der Waals surface area contributed by atoms with E-state index in [-0.39, 0.29) is 11.4 Å². The van der Waals surface area contributed by atoms with Crippen LogP contribution in [0.5, 0.6) is 0 Å². The molecule has 29 heavy (non-hydrogen) atoms. The van der Waals surface area contributed by atoms with Gasteiger partial charge in [0.25, 0.3) is 5.69 Å². The first-order valence-corrected chi connectivity index (χ1v) is 11.9. The van der Waals surface area contributed by atoms with Crippen LogP contribution in [0.2, 0.25) is 5.02 Å². The van der Waals surface area contributed by atoms with Gasteiger partial charge in [0, 0.05) is 35.2 Å². The summed E-state index contributed by atoms with van der Waals surface area (Å²) in [7, 11) is -3.80. The second-order valence-corrected chi connectivity index (χ2v) is 9.52. The molecule has 2 aromatic rings. The van der Waals surface area contributed by atoms with Gasteiger partial charge >= 0.3 is 0 Å². The largest absolute Gasteiger partial charge is 0.354 e. The molecule has 0 heterocycles. The van der Waals surface area contributed by atoms with E-state index in [4.69, 9.17) is 11.6 Å². The number of hydrogen-bond acceptors (Lipinski definition) is 6. The van der Waals surface area contributed by atoms with E-state index < -0.39 is 27.4 Å². The molecule has 0 aliphatic heterocycles. The lowest BCUT2D eigenvalue weighted by Crippen LogP contribution is -2.41. The number of thioether (sulfide) groups is 1. The molecule has 2 rings (SSSR count). The van der Waals surface area contributed by atoms with Gasteiger partial charge in [-0.15, -0.1) is 0 Å². The van der Waals surface area contributed by atoms with Crippen LogP contribution in [-0.2, 0) is 20.6 Å². The molecule has 0 saturated heterocycles. The monoisotopic (exact) mass is 457 g/mol. The number of benzene rings is 2. The van der Waals surface area contributed by atoms with E-state index in [1.165, 1.54) is 18.2 Å². The third-order valence-electron chi connectivity index (χ3n) is 3.77. The van der Waals surface area contributed by atoms with Crippen LogP contribution in [0.1, 0.15) is 5.56 Å².